The lowest BCUT2D eigenvalue weighted by Gasteiger charge is -2.26. The van der Waals surface area contributed by atoms with Crippen molar-refractivity contribution in [2.45, 2.75) is 6.92 Å². The molecule has 0 aliphatic rings. The molecule has 0 unspecified atom stereocenters. The summed E-state index contributed by atoms with van der Waals surface area (Å²) >= 11 is 0. The molecular weight excluding hydrogens is 348 g/mol. The maximum atomic E-state index is 11.5. The Kier molecular flexibility index (Phi) is 4.98. The zero-order valence-corrected chi connectivity index (χ0v) is 14.4. The van der Waals surface area contributed by atoms with Crippen molar-refractivity contribution >= 4 is 28.4 Å². The summed E-state index contributed by atoms with van der Waals surface area (Å²) in [5.74, 6) is 0. The number of nitrogens with one attached hydrogen (secondary N) is 1. The number of hydrogen-bond acceptors (Lipinski definition) is 6. The van der Waals surface area contributed by atoms with Crippen molar-refractivity contribution in [2.24, 2.45) is 0 Å². The van der Waals surface area contributed by atoms with Crippen LogP contribution in [0, 0.1) is 27.2 Å². The molecular formula is C19H16N4O4. The van der Waals surface area contributed by atoms with Gasteiger partial charge in [0.1, 0.15) is 0 Å². The molecule has 0 aliphatic carbocycles. The number of aryl methyl sites for hydroxylation is 1. The summed E-state index contributed by atoms with van der Waals surface area (Å²) in [6.07, 6.45) is 0. The highest BCUT2D eigenvalue weighted by molar-refractivity contribution is 5.79. The number of anilines is 3. The van der Waals surface area contributed by atoms with Gasteiger partial charge in [-0.25, -0.2) is 0 Å². The van der Waals surface area contributed by atoms with Crippen LogP contribution in [0.15, 0.2) is 72.8 Å². The van der Waals surface area contributed by atoms with Crippen LogP contribution in [0.4, 0.5) is 28.4 Å². The van der Waals surface area contributed by atoms with E-state index in [1.54, 1.807) is 36.2 Å². The van der Waals surface area contributed by atoms with Crippen LogP contribution in [0.1, 0.15) is 5.56 Å². The molecule has 0 aromatic heterocycles. The third-order valence-corrected chi connectivity index (χ3v) is 3.89. The number of rotatable bonds is 6. The first-order valence-corrected chi connectivity index (χ1v) is 8.07. The van der Waals surface area contributed by atoms with E-state index >= 15 is 0 Å². The lowest BCUT2D eigenvalue weighted by atomic mass is 10.1. The van der Waals surface area contributed by atoms with E-state index in [4.69, 9.17) is 0 Å². The Morgan fingerprint density at radius 3 is 1.56 bits per heavy atom. The summed E-state index contributed by atoms with van der Waals surface area (Å²) in [7, 11) is 0. The van der Waals surface area contributed by atoms with Crippen LogP contribution < -0.4 is 10.4 Å². The van der Waals surface area contributed by atoms with Gasteiger partial charge in [0.05, 0.1) is 21.2 Å². The van der Waals surface area contributed by atoms with E-state index < -0.39 is 9.85 Å². The monoisotopic (exact) mass is 364 g/mol. The van der Waals surface area contributed by atoms with Gasteiger partial charge in [0, 0.05) is 12.1 Å². The molecule has 0 atom stereocenters. The highest BCUT2D eigenvalue weighted by atomic mass is 16.6. The maximum absolute atomic E-state index is 11.5. The number of nitro groups is 2. The molecule has 0 saturated carbocycles. The molecule has 136 valence electrons. The fraction of sp³-hybridized carbons (Fsp3) is 0.0526. The molecule has 3 rings (SSSR count). The topological polar surface area (TPSA) is 102 Å². The van der Waals surface area contributed by atoms with Crippen molar-refractivity contribution < 1.29 is 9.85 Å². The number of hydrazine groups is 1. The largest absolute Gasteiger partial charge is 0.301 e. The molecule has 0 heterocycles. The van der Waals surface area contributed by atoms with Crippen LogP contribution in [0.25, 0.3) is 0 Å². The first kappa shape index (κ1) is 17.9. The van der Waals surface area contributed by atoms with Gasteiger partial charge in [0.2, 0.25) is 5.69 Å². The molecule has 8 nitrogen and oxygen atoms in total. The van der Waals surface area contributed by atoms with Gasteiger partial charge in [-0.2, -0.15) is 0 Å². The van der Waals surface area contributed by atoms with E-state index in [-0.39, 0.29) is 17.1 Å². The van der Waals surface area contributed by atoms with Gasteiger partial charge in [0.25, 0.3) is 0 Å². The molecule has 0 bridgehead atoms. The van der Waals surface area contributed by atoms with Gasteiger partial charge in [-0.15, -0.1) is 0 Å². The number of hydrogen-bond donors (Lipinski definition) is 1. The molecule has 3 aromatic carbocycles. The Morgan fingerprint density at radius 2 is 1.19 bits per heavy atom. The van der Waals surface area contributed by atoms with E-state index in [1.807, 2.05) is 36.4 Å². The summed E-state index contributed by atoms with van der Waals surface area (Å²) in [4.78, 5) is 21.8. The van der Waals surface area contributed by atoms with Crippen LogP contribution in [0.5, 0.6) is 0 Å². The van der Waals surface area contributed by atoms with Gasteiger partial charge in [-0.05, 0) is 36.8 Å². The molecule has 0 saturated heterocycles. The summed E-state index contributed by atoms with van der Waals surface area (Å²) in [5, 5.41) is 24.6. The molecule has 0 radical (unpaired) electrons. The molecule has 0 aliphatic heterocycles. The van der Waals surface area contributed by atoms with Crippen molar-refractivity contribution in [3.05, 3.63) is 98.6 Å². The summed E-state index contributed by atoms with van der Waals surface area (Å²) in [6.45, 7) is 1.58. The van der Waals surface area contributed by atoms with E-state index in [0.717, 1.165) is 0 Å². The van der Waals surface area contributed by atoms with Crippen LogP contribution in [0.3, 0.4) is 0 Å². The van der Waals surface area contributed by atoms with Crippen molar-refractivity contribution in [1.29, 1.82) is 0 Å². The first-order chi connectivity index (χ1) is 13.0. The highest BCUT2D eigenvalue weighted by Crippen LogP contribution is 2.38. The molecule has 0 spiro atoms. The number of nitrogens with zero attached hydrogens (tertiary/aromatic N) is 3. The predicted octanol–water partition coefficient (Wildman–Crippen LogP) is 4.98. The molecule has 3 aromatic rings. The Morgan fingerprint density at radius 1 is 0.778 bits per heavy atom. The molecule has 8 heteroatoms. The highest BCUT2D eigenvalue weighted by Gasteiger charge is 2.28. The number of benzene rings is 3. The fourth-order valence-corrected chi connectivity index (χ4v) is 2.70. The van der Waals surface area contributed by atoms with E-state index in [9.17, 15) is 20.2 Å². The van der Waals surface area contributed by atoms with Crippen molar-refractivity contribution in [3.63, 3.8) is 0 Å². The third-order valence-electron chi connectivity index (χ3n) is 3.89. The van der Waals surface area contributed by atoms with Gasteiger partial charge in [-0.1, -0.05) is 36.4 Å². The normalized spacial score (nSPS) is 10.3. The zero-order chi connectivity index (χ0) is 19.4. The fourth-order valence-electron chi connectivity index (χ4n) is 2.70. The Hall–Kier alpha value is -3.94. The van der Waals surface area contributed by atoms with Crippen LogP contribution >= 0.6 is 0 Å². The van der Waals surface area contributed by atoms with Gasteiger partial charge in [0.15, 0.2) is 0 Å². The van der Waals surface area contributed by atoms with Gasteiger partial charge in [-0.3, -0.25) is 30.7 Å². The van der Waals surface area contributed by atoms with Crippen LogP contribution in [-0.2, 0) is 0 Å². The molecule has 27 heavy (non-hydrogen) atoms. The van der Waals surface area contributed by atoms with E-state index in [2.05, 4.69) is 5.43 Å². The first-order valence-electron chi connectivity index (χ1n) is 8.07. The molecule has 0 amide bonds. The van der Waals surface area contributed by atoms with E-state index in [1.165, 1.54) is 12.1 Å². The average molecular weight is 364 g/mol. The number of nitro benzene ring substituents is 2. The van der Waals surface area contributed by atoms with Crippen molar-refractivity contribution in [1.82, 2.24) is 0 Å². The van der Waals surface area contributed by atoms with Crippen LogP contribution in [0.2, 0.25) is 0 Å². The third kappa shape index (κ3) is 3.84. The predicted molar refractivity (Wildman–Crippen MR) is 103 cm³/mol. The molecule has 1 N–H and O–H groups in total. The van der Waals surface area contributed by atoms with Gasteiger partial charge < -0.3 is 0 Å². The quantitative estimate of drug-likeness (QED) is 0.489. The summed E-state index contributed by atoms with van der Waals surface area (Å²) < 4.78 is 0. The smallest absolute Gasteiger partial charge is 0.282 e. The minimum Gasteiger partial charge on any atom is -0.282 e. The summed E-state index contributed by atoms with van der Waals surface area (Å²) in [5.41, 5.74) is 3.77. The lowest BCUT2D eigenvalue weighted by molar-refractivity contribution is -0.392. The molecule has 0 fully saturated rings. The Labute approximate surface area is 154 Å². The summed E-state index contributed by atoms with van der Waals surface area (Å²) in [6, 6.07) is 20.7. The van der Waals surface area contributed by atoms with Crippen LogP contribution in [-0.4, -0.2) is 9.85 Å². The van der Waals surface area contributed by atoms with Gasteiger partial charge >= 0.3 is 11.4 Å². The second-order valence-corrected chi connectivity index (χ2v) is 5.81. The second-order valence-electron chi connectivity index (χ2n) is 5.81. The minimum atomic E-state index is -0.628. The van der Waals surface area contributed by atoms with E-state index in [0.29, 0.717) is 16.9 Å². The average Bonchev–Trinajstić information content (AvgIpc) is 2.67. The Bertz CT molecular complexity index is 903. The lowest BCUT2D eigenvalue weighted by Crippen LogP contribution is -2.25. The van der Waals surface area contributed by atoms with Crippen molar-refractivity contribution in [3.8, 4) is 0 Å². The van der Waals surface area contributed by atoms with Crippen molar-refractivity contribution in [2.75, 3.05) is 10.4 Å². The Balaban J connectivity index is 2.17. The zero-order valence-electron chi connectivity index (χ0n) is 14.4. The number of para-hydroxylation sites is 2. The second kappa shape index (κ2) is 7.52. The standard InChI is InChI=1S/C19H16N4O4/c1-14-12-17(22(24)25)19(18(13-14)23(26)27)20-21(15-8-4-2-5-9-15)16-10-6-3-7-11-16/h2-13,20H,1H3. The maximum Gasteiger partial charge on any atom is 0.301 e. The SMILES string of the molecule is Cc1cc([N+](=O)[O-])c(NN(c2ccccc2)c2ccccc2)c([N+](=O)[O-])c1. The minimum absolute atomic E-state index is 0.177.